The number of carbonyl (C=O) groups is 1. The van der Waals surface area contributed by atoms with Crippen LogP contribution in [0, 0.1) is 0 Å². The van der Waals surface area contributed by atoms with E-state index in [2.05, 4.69) is 106 Å². The van der Waals surface area contributed by atoms with Crippen molar-refractivity contribution >= 4 is 43.4 Å². The van der Waals surface area contributed by atoms with Crippen LogP contribution in [0.2, 0.25) is 0 Å². The van der Waals surface area contributed by atoms with Crippen molar-refractivity contribution in [1.82, 2.24) is 5.32 Å². The van der Waals surface area contributed by atoms with Crippen molar-refractivity contribution in [1.29, 1.82) is 0 Å². The van der Waals surface area contributed by atoms with Crippen molar-refractivity contribution < 1.29 is 23.7 Å². The van der Waals surface area contributed by atoms with Gasteiger partial charge >= 0.3 is 0 Å². The highest BCUT2D eigenvalue weighted by Gasteiger charge is 2.20. The summed E-state index contributed by atoms with van der Waals surface area (Å²) in [6.07, 6.45) is 3.72. The maximum Gasteiger partial charge on any atom is 0.220 e. The quantitative estimate of drug-likeness (QED) is 0.0888. The number of rotatable bonds is 18. The number of benzene rings is 5. The highest BCUT2D eigenvalue weighted by molar-refractivity contribution is 9.10. The van der Waals surface area contributed by atoms with Crippen molar-refractivity contribution in [3.63, 3.8) is 0 Å². The standard InChI is InChI=1S/C40H45BrN2O5/c1-45-22-4-24-47-36-18-13-31-26-30(29-10-8-28(9-11-29)6-3-7-38(44)43-21-20-42)12-16-34(31)39(36)40-35-17-15-33(41)27-32(35)14-19-37(40)48-25-5-23-46-2/h8-19,26-27H,3-7,20-25,42H2,1-2H3,(H,43,44). The molecule has 0 unspecified atom stereocenters. The van der Waals surface area contributed by atoms with Gasteiger partial charge in [-0.05, 0) is 81.4 Å². The first-order chi connectivity index (χ1) is 23.5. The van der Waals surface area contributed by atoms with Crippen molar-refractivity contribution in [2.75, 3.05) is 53.7 Å². The average molecular weight is 714 g/mol. The molecule has 252 valence electrons. The summed E-state index contributed by atoms with van der Waals surface area (Å²) in [6, 6.07) is 30.0. The molecule has 1 amide bonds. The lowest BCUT2D eigenvalue weighted by molar-refractivity contribution is -0.121. The topological polar surface area (TPSA) is 92.0 Å². The molecular formula is C40H45BrN2O5. The minimum absolute atomic E-state index is 0.0530. The molecule has 0 aliphatic rings. The van der Waals surface area contributed by atoms with Crippen molar-refractivity contribution in [3.8, 4) is 33.8 Å². The Hall–Kier alpha value is -3.95. The zero-order valence-corrected chi connectivity index (χ0v) is 29.4. The van der Waals surface area contributed by atoms with Gasteiger partial charge in [-0.2, -0.15) is 0 Å². The summed E-state index contributed by atoms with van der Waals surface area (Å²) in [5, 5.41) is 7.23. The van der Waals surface area contributed by atoms with Gasteiger partial charge in [-0.1, -0.05) is 70.5 Å². The molecule has 0 fully saturated rings. The third-order valence-electron chi connectivity index (χ3n) is 8.30. The fourth-order valence-electron chi connectivity index (χ4n) is 5.91. The summed E-state index contributed by atoms with van der Waals surface area (Å²) in [5.41, 5.74) is 11.0. The van der Waals surface area contributed by atoms with Gasteiger partial charge in [-0.3, -0.25) is 4.79 Å². The number of aryl methyl sites for hydroxylation is 1. The number of halogens is 1. The summed E-state index contributed by atoms with van der Waals surface area (Å²) in [6.45, 7) is 3.32. The molecule has 0 radical (unpaired) electrons. The summed E-state index contributed by atoms with van der Waals surface area (Å²) in [4.78, 5) is 11.9. The third-order valence-corrected chi connectivity index (χ3v) is 8.79. The Morgan fingerprint density at radius 3 is 1.88 bits per heavy atom. The first-order valence-corrected chi connectivity index (χ1v) is 17.4. The van der Waals surface area contributed by atoms with Gasteiger partial charge in [0.1, 0.15) is 11.5 Å². The molecule has 5 aromatic carbocycles. The molecule has 7 nitrogen and oxygen atoms in total. The lowest BCUT2D eigenvalue weighted by atomic mass is 9.90. The van der Waals surface area contributed by atoms with Crippen molar-refractivity contribution in [3.05, 3.63) is 95.0 Å². The molecule has 0 spiro atoms. The van der Waals surface area contributed by atoms with Crippen LogP contribution in [0.3, 0.4) is 0 Å². The van der Waals surface area contributed by atoms with Crippen molar-refractivity contribution in [2.45, 2.75) is 32.1 Å². The highest BCUT2D eigenvalue weighted by atomic mass is 79.9. The van der Waals surface area contributed by atoms with E-state index in [9.17, 15) is 4.79 Å². The van der Waals surface area contributed by atoms with Crippen LogP contribution in [-0.2, 0) is 20.7 Å². The second-order valence-electron chi connectivity index (χ2n) is 11.8. The minimum atomic E-state index is 0.0530. The first-order valence-electron chi connectivity index (χ1n) is 16.6. The molecule has 5 rings (SSSR count). The van der Waals surface area contributed by atoms with Gasteiger partial charge in [0.25, 0.3) is 0 Å². The molecule has 0 aliphatic carbocycles. The van der Waals surface area contributed by atoms with Crippen molar-refractivity contribution in [2.24, 2.45) is 5.73 Å². The molecule has 0 aromatic heterocycles. The molecule has 0 atom stereocenters. The largest absolute Gasteiger partial charge is 0.493 e. The van der Waals surface area contributed by atoms with E-state index in [1.165, 1.54) is 5.56 Å². The zero-order valence-electron chi connectivity index (χ0n) is 27.9. The Kier molecular flexibility index (Phi) is 13.3. The molecule has 0 bridgehead atoms. The maximum atomic E-state index is 11.9. The van der Waals surface area contributed by atoms with Crippen LogP contribution in [0.25, 0.3) is 43.8 Å². The van der Waals surface area contributed by atoms with E-state index in [1.54, 1.807) is 14.2 Å². The normalized spacial score (nSPS) is 11.2. The Bertz CT molecular complexity index is 1810. The van der Waals surface area contributed by atoms with Gasteiger partial charge < -0.3 is 30.0 Å². The molecular weight excluding hydrogens is 668 g/mol. The lowest BCUT2D eigenvalue weighted by Crippen LogP contribution is -2.28. The molecule has 48 heavy (non-hydrogen) atoms. The van der Waals surface area contributed by atoms with Crippen LogP contribution in [0.4, 0.5) is 0 Å². The van der Waals surface area contributed by atoms with Gasteiger partial charge in [-0.25, -0.2) is 0 Å². The summed E-state index contributed by atoms with van der Waals surface area (Å²) in [5.74, 6) is 1.67. The molecule has 0 saturated heterocycles. The number of carbonyl (C=O) groups excluding carboxylic acids is 1. The number of nitrogens with two attached hydrogens (primary N) is 1. The number of ether oxygens (including phenoxy) is 4. The number of fused-ring (bicyclic) bond motifs is 2. The average Bonchev–Trinajstić information content (AvgIpc) is 3.11. The van der Waals surface area contributed by atoms with Crippen LogP contribution >= 0.6 is 15.9 Å². The van der Waals surface area contributed by atoms with E-state index < -0.39 is 0 Å². The van der Waals surface area contributed by atoms with Gasteiger partial charge in [0, 0.05) is 75.4 Å². The molecule has 8 heteroatoms. The lowest BCUT2D eigenvalue weighted by Gasteiger charge is -2.20. The summed E-state index contributed by atoms with van der Waals surface area (Å²) >= 11 is 3.65. The number of methoxy groups -OCH3 is 2. The predicted molar refractivity (Wildman–Crippen MR) is 199 cm³/mol. The maximum absolute atomic E-state index is 11.9. The number of hydrogen-bond acceptors (Lipinski definition) is 6. The van der Waals surface area contributed by atoms with Gasteiger partial charge in [0.15, 0.2) is 0 Å². The van der Waals surface area contributed by atoms with E-state index in [0.29, 0.717) is 45.9 Å². The fourth-order valence-corrected chi connectivity index (χ4v) is 6.29. The van der Waals surface area contributed by atoms with Gasteiger partial charge in [0.05, 0.1) is 13.2 Å². The highest BCUT2D eigenvalue weighted by Crippen LogP contribution is 2.46. The Balaban J connectivity index is 1.51. The Labute approximate surface area is 291 Å². The zero-order chi connectivity index (χ0) is 33.7. The summed E-state index contributed by atoms with van der Waals surface area (Å²) < 4.78 is 24.5. The van der Waals surface area contributed by atoms with E-state index in [4.69, 9.17) is 24.7 Å². The van der Waals surface area contributed by atoms with Crippen LogP contribution in [-0.4, -0.2) is 59.6 Å². The monoisotopic (exact) mass is 712 g/mol. The second-order valence-corrected chi connectivity index (χ2v) is 12.7. The molecule has 0 saturated carbocycles. The fraction of sp³-hybridized carbons (Fsp3) is 0.325. The minimum Gasteiger partial charge on any atom is -0.493 e. The molecule has 0 heterocycles. The second kappa shape index (κ2) is 18.0. The van der Waals surface area contributed by atoms with Gasteiger partial charge in [-0.15, -0.1) is 0 Å². The van der Waals surface area contributed by atoms with E-state index in [0.717, 1.165) is 85.5 Å². The number of hydrogen-bond donors (Lipinski definition) is 2. The smallest absolute Gasteiger partial charge is 0.220 e. The van der Waals surface area contributed by atoms with Crippen LogP contribution < -0.4 is 20.5 Å². The summed E-state index contributed by atoms with van der Waals surface area (Å²) in [7, 11) is 3.42. The predicted octanol–water partition coefficient (Wildman–Crippen LogP) is 8.32. The van der Waals surface area contributed by atoms with Crippen LogP contribution in [0.1, 0.15) is 31.2 Å². The van der Waals surface area contributed by atoms with E-state index in [-0.39, 0.29) is 5.91 Å². The molecule has 3 N–H and O–H groups in total. The Morgan fingerprint density at radius 2 is 1.27 bits per heavy atom. The van der Waals surface area contributed by atoms with Crippen LogP contribution in [0.15, 0.2) is 89.4 Å². The Morgan fingerprint density at radius 1 is 0.688 bits per heavy atom. The number of amides is 1. The van der Waals surface area contributed by atoms with Gasteiger partial charge in [0.2, 0.25) is 5.91 Å². The SMILES string of the molecule is COCCCOc1ccc2cc(Br)ccc2c1-c1c(OCCCOC)ccc2cc(-c3ccc(CCCC(=O)NCCN)cc3)ccc12. The van der Waals surface area contributed by atoms with E-state index >= 15 is 0 Å². The molecule has 0 aliphatic heterocycles. The molecule has 5 aromatic rings. The van der Waals surface area contributed by atoms with E-state index in [1.807, 2.05) is 0 Å². The third kappa shape index (κ3) is 9.14. The number of nitrogens with one attached hydrogen (secondary N) is 1. The first kappa shape index (κ1) is 35.4. The van der Waals surface area contributed by atoms with Crippen LogP contribution in [0.5, 0.6) is 11.5 Å².